The minimum atomic E-state index is -1.69. The van der Waals surface area contributed by atoms with Gasteiger partial charge in [-0.1, -0.05) is 13.8 Å². The van der Waals surface area contributed by atoms with Gasteiger partial charge in [0.25, 0.3) is 0 Å². The van der Waals surface area contributed by atoms with Crippen molar-refractivity contribution in [1.29, 1.82) is 48.7 Å². The van der Waals surface area contributed by atoms with Crippen molar-refractivity contribution in [3.63, 3.8) is 0 Å². The minimum absolute atomic E-state index is 0.00217. The molecule has 0 unspecified atom stereocenters. The molecule has 0 spiro atoms. The Bertz CT molecular complexity index is 4240. The van der Waals surface area contributed by atoms with E-state index >= 15 is 19.2 Å². The summed E-state index contributed by atoms with van der Waals surface area (Å²) >= 11 is 5.26. The smallest absolute Gasteiger partial charge is 0.244 e. The lowest BCUT2D eigenvalue weighted by molar-refractivity contribution is -0.136. The van der Waals surface area contributed by atoms with Crippen LogP contribution in [0.3, 0.4) is 0 Å². The van der Waals surface area contributed by atoms with Gasteiger partial charge in [0.05, 0.1) is 19.1 Å². The number of carbonyl (C=O) groups excluding carboxylic acids is 16. The van der Waals surface area contributed by atoms with Gasteiger partial charge in [-0.3, -0.25) is 130 Å². The van der Waals surface area contributed by atoms with Crippen molar-refractivity contribution in [2.75, 3.05) is 103 Å². The van der Waals surface area contributed by atoms with E-state index in [1.54, 1.807) is 6.26 Å². The van der Waals surface area contributed by atoms with Crippen LogP contribution in [0.2, 0.25) is 0 Å². The fraction of sp³-hybridized carbons (Fsp3) is 0.688. The maximum absolute atomic E-state index is 15.2. The molecule has 1 aliphatic rings. The average Bonchev–Trinajstić information content (AvgIpc) is 1.84. The summed E-state index contributed by atoms with van der Waals surface area (Å²) in [6.45, 7) is 3.83. The Kier molecular flexibility index (Phi) is 62.2. The number of hydrogen-bond donors (Lipinski definition) is 44. The van der Waals surface area contributed by atoms with Crippen molar-refractivity contribution < 1.29 is 76.7 Å². The van der Waals surface area contributed by atoms with Crippen LogP contribution in [0.4, 0.5) is 0 Å². The predicted octanol–water partition coefficient (Wildman–Crippen LogP) is -14.2. The fourth-order valence-electron chi connectivity index (χ4n) is 13.9. The van der Waals surface area contributed by atoms with Gasteiger partial charge in [-0.15, -0.1) is 0 Å². The molecule has 1 fully saturated rings. The molecule has 0 aromatic heterocycles. The van der Waals surface area contributed by atoms with Crippen LogP contribution < -0.4 is 185 Å². The Hall–Kier alpha value is -14.4. The predicted molar refractivity (Wildman–Crippen MR) is 536 cm³/mol. The van der Waals surface area contributed by atoms with Gasteiger partial charge in [-0.2, -0.15) is 24.4 Å². The number of primary amides is 1. The summed E-state index contributed by atoms with van der Waals surface area (Å²) < 4.78 is 0. The summed E-state index contributed by atoms with van der Waals surface area (Å²) in [7, 11) is 1.81. The zero-order valence-electron chi connectivity index (χ0n) is 81.0. The first-order chi connectivity index (χ1) is 67.0. The molecule has 1 heterocycles. The number of thiol groups is 1. The number of thioether (sulfide) groups is 1. The number of nitrogens with two attached hydrogens (primary N) is 10. The largest absolute Gasteiger partial charge is 0.370 e. The highest BCUT2D eigenvalue weighted by atomic mass is 32.2. The number of rotatable bonds is 72. The van der Waals surface area contributed by atoms with E-state index in [0.717, 1.165) is 6.42 Å². The van der Waals surface area contributed by atoms with E-state index < -0.39 is 240 Å². The molecule has 0 aromatic rings. The lowest BCUT2D eigenvalue weighted by Crippen LogP contribution is -2.61. The van der Waals surface area contributed by atoms with Crippen molar-refractivity contribution in [3.8, 4) is 0 Å². The Morgan fingerprint density at radius 1 is 0.303 bits per heavy atom. The highest BCUT2D eigenvalue weighted by molar-refractivity contribution is 7.98. The first-order valence-corrected chi connectivity index (χ1v) is 48.3. The van der Waals surface area contributed by atoms with Gasteiger partial charge in [0.15, 0.2) is 53.6 Å². The Labute approximate surface area is 833 Å². The normalized spacial score (nSPS) is 14.7. The fourth-order valence-corrected chi connectivity index (χ4v) is 14.7. The van der Waals surface area contributed by atoms with Crippen molar-refractivity contribution in [2.45, 2.75) is 240 Å². The third-order valence-corrected chi connectivity index (χ3v) is 22.2. The van der Waals surface area contributed by atoms with Gasteiger partial charge in [0, 0.05) is 70.4 Å². The molecule has 142 heavy (non-hydrogen) atoms. The van der Waals surface area contributed by atoms with Crippen molar-refractivity contribution >= 4 is 173 Å². The number of nitrogens with zero attached hydrogens (tertiary/aromatic N) is 1. The summed E-state index contributed by atoms with van der Waals surface area (Å²) in [5.74, 6) is -19.1. The number of amides is 16. The molecule has 1 aliphatic heterocycles. The van der Waals surface area contributed by atoms with Crippen molar-refractivity contribution in [1.82, 2.24) is 133 Å². The molecular weight excluding hydrogens is 1900 g/mol. The number of hydrogen-bond acceptors (Lipinski definition) is 28. The molecule has 1 rings (SSSR count). The molecule has 0 radical (unpaired) electrons. The van der Waals surface area contributed by atoms with Crippen LogP contribution in [0.1, 0.15) is 156 Å². The van der Waals surface area contributed by atoms with Crippen molar-refractivity contribution in [3.05, 3.63) is 0 Å². The third-order valence-electron chi connectivity index (χ3n) is 21.2. The van der Waals surface area contributed by atoms with E-state index in [4.69, 9.17) is 106 Å². The second-order valence-electron chi connectivity index (χ2n) is 33.7. The molecule has 14 atom stereocenters. The topological polar surface area (TPSA) is 1040 Å². The van der Waals surface area contributed by atoms with Crippen LogP contribution in [0.15, 0.2) is 0 Å². The Balaban J connectivity index is 4.01. The van der Waals surface area contributed by atoms with E-state index in [9.17, 15) is 57.5 Å². The SMILES string of the molecule is CSC[C@H](NC(=O)CNC(=O)[C@H](CC(C)C)NC(=O)[C@@H]1CCCN1C)C(=O)N[C@@H](C)C(=O)NCC(=O)N[C@H](CCCNC(=N)N)C(=O)N[C@H](CCCNC(=N)N)C(=O)N[C@H](CCCNC(=N)N)C(=O)N[C@H](CCCNC(=N)N)C(=O)N[C@H](CCCNC(=N)N)C(=O)N[C@H](CCCNC(=N)N)C(=O)N[C@H](CCCNC(=N)N)C(=O)N[C@H](CCCNC(=N)N)C(=O)N[C@H](CCCNC(=N)N)C(=O)N[C@H](CS)C(N)=O. The van der Waals surface area contributed by atoms with Crippen LogP contribution >= 0.6 is 24.4 Å². The molecular formula is C80H154N44O16S2. The molecule has 53 N–H and O–H groups in total. The minimum Gasteiger partial charge on any atom is -0.370 e. The van der Waals surface area contributed by atoms with Gasteiger partial charge >= 0.3 is 0 Å². The van der Waals surface area contributed by atoms with E-state index in [1.807, 2.05) is 25.8 Å². The molecule has 0 aliphatic carbocycles. The second-order valence-corrected chi connectivity index (χ2v) is 34.9. The zero-order valence-corrected chi connectivity index (χ0v) is 82.7. The molecule has 802 valence electrons. The number of guanidine groups is 9. The van der Waals surface area contributed by atoms with E-state index in [0.29, 0.717) is 13.0 Å². The number of likely N-dealkylation sites (N-methyl/N-ethyl adjacent to an activating group) is 1. The van der Waals surface area contributed by atoms with Gasteiger partial charge in [-0.25, -0.2) is 0 Å². The standard InChI is InChI=1S/C80H154N44O16S2/c1-41(2)36-52(122-71(140)55-25-15-35-124(55)4)60(129)110-38-57(126)113-54(40-142-5)70(139)111-42(3)59(128)109-37-56(125)112-43(16-6-26-100-72(82)83)61(130)114-44(17-7-27-101-73(84)85)62(131)115-45(18-8-28-102-74(86)87)63(132)116-46(19-9-29-103-75(88)89)64(133)117-47(20-10-30-104-76(90)91)65(134)118-48(21-11-31-105-77(92)93)66(135)119-49(22-12-32-106-78(94)95)67(136)120-50(23-13-33-107-79(96)97)68(137)121-51(24-14-34-108-80(98)99)69(138)123-53(39-141)58(81)127/h41-55,141H,6-40H2,1-5H3,(H2,81,127)(H,109,128)(H,110,129)(H,111,139)(H,112,125)(H,113,126)(H,114,130)(H,115,131)(H,116,132)(H,117,133)(H,118,134)(H,119,135)(H,120,136)(H,121,137)(H,122,140)(H,123,138)(H4,82,83,100)(H4,84,85,101)(H4,86,87,102)(H4,88,89,103)(H4,90,91,104)(H4,92,93,105)(H4,94,95,106)(H4,96,97,107)(H4,98,99,108)/t42-,43+,44+,45+,46+,47+,48+,49+,50+,51+,52-,53+,54-,55-/m0/s1. The number of carbonyl (C=O) groups is 16. The molecule has 0 bridgehead atoms. The summed E-state index contributed by atoms with van der Waals surface area (Å²) in [4.78, 5) is 228. The lowest BCUT2D eigenvalue weighted by Gasteiger charge is -2.29. The van der Waals surface area contributed by atoms with Crippen molar-refractivity contribution in [2.24, 2.45) is 63.3 Å². The highest BCUT2D eigenvalue weighted by Crippen LogP contribution is 2.18. The quantitative estimate of drug-likeness (QED) is 0.0116. The lowest BCUT2D eigenvalue weighted by atomic mass is 10.0. The molecule has 16 amide bonds. The summed E-state index contributed by atoms with van der Waals surface area (Å²) in [6, 6.07) is -19.8. The maximum atomic E-state index is 15.2. The zero-order chi connectivity index (χ0) is 107. The highest BCUT2D eigenvalue weighted by Gasteiger charge is 2.39. The van der Waals surface area contributed by atoms with Gasteiger partial charge in [-0.05, 0) is 168 Å². The average molecular weight is 2050 g/mol. The Morgan fingerprint density at radius 2 is 0.528 bits per heavy atom. The van der Waals surface area contributed by atoms with Crippen LogP contribution in [0.25, 0.3) is 0 Å². The summed E-state index contributed by atoms with van der Waals surface area (Å²) in [6.07, 6.45) is 0.792. The first-order valence-electron chi connectivity index (χ1n) is 46.3. The molecule has 1 saturated heterocycles. The van der Waals surface area contributed by atoms with Gasteiger partial charge in [0.1, 0.15) is 78.5 Å². The Morgan fingerprint density at radius 3 is 0.739 bits per heavy atom. The van der Waals surface area contributed by atoms with Crippen LogP contribution in [-0.2, 0) is 76.7 Å². The maximum Gasteiger partial charge on any atom is 0.244 e. The number of nitrogens with one attached hydrogen (secondary N) is 33. The van der Waals surface area contributed by atoms with Gasteiger partial charge < -0.3 is 185 Å². The number of likely N-dealkylation sites (tertiary alicyclic amines) is 1. The molecule has 0 aromatic carbocycles. The van der Waals surface area contributed by atoms with Crippen LogP contribution in [0, 0.1) is 54.6 Å². The molecule has 0 saturated carbocycles. The third kappa shape index (κ3) is 56.6. The van der Waals surface area contributed by atoms with Gasteiger partial charge in [0.2, 0.25) is 94.5 Å². The summed E-state index contributed by atoms with van der Waals surface area (Å²) in [5.41, 5.74) is 55.6. The first kappa shape index (κ1) is 126. The van der Waals surface area contributed by atoms with Crippen LogP contribution in [-0.4, -0.2) is 341 Å². The summed E-state index contributed by atoms with van der Waals surface area (Å²) in [5, 5.41) is 131. The van der Waals surface area contributed by atoms with Crippen LogP contribution in [0.5, 0.6) is 0 Å². The van der Waals surface area contributed by atoms with E-state index in [1.165, 1.54) is 18.7 Å². The molecule has 62 heteroatoms. The van der Waals surface area contributed by atoms with E-state index in [2.05, 4.69) is 140 Å². The second kappa shape index (κ2) is 70.3. The molecule has 60 nitrogen and oxygen atoms in total. The monoisotopic (exact) mass is 2050 g/mol. The van der Waals surface area contributed by atoms with E-state index in [-0.39, 0.29) is 204 Å².